The largest absolute Gasteiger partial charge is 0.504 e. The molecule has 0 radical (unpaired) electrons. The van der Waals surface area contributed by atoms with Gasteiger partial charge in [0, 0.05) is 5.56 Å². The predicted molar refractivity (Wildman–Crippen MR) is 111 cm³/mol. The van der Waals surface area contributed by atoms with Crippen LogP contribution in [0.15, 0.2) is 18.2 Å². The normalized spacial score (nSPS) is 16.3. The molecule has 2 atom stereocenters. The number of nitrogens with two attached hydrogens (primary N) is 2. The zero-order chi connectivity index (χ0) is 25.3. The van der Waals surface area contributed by atoms with E-state index in [9.17, 15) is 29.4 Å². The van der Waals surface area contributed by atoms with Crippen LogP contribution in [0.2, 0.25) is 0 Å². The second kappa shape index (κ2) is 12.2. The van der Waals surface area contributed by atoms with Crippen molar-refractivity contribution >= 4 is 23.6 Å². The number of hydrogen-bond donors (Lipinski definition) is 5. The number of benzene rings is 1. The van der Waals surface area contributed by atoms with E-state index in [1.54, 1.807) is 0 Å². The van der Waals surface area contributed by atoms with Gasteiger partial charge in [-0.2, -0.15) is 0 Å². The number of ether oxygens (including phenoxy) is 5. The van der Waals surface area contributed by atoms with Gasteiger partial charge in [-0.25, -0.2) is 4.79 Å². The second-order valence-corrected chi connectivity index (χ2v) is 7.01. The van der Waals surface area contributed by atoms with Crippen molar-refractivity contribution in [1.29, 1.82) is 0 Å². The first-order valence-electron chi connectivity index (χ1n) is 10.1. The first kappa shape index (κ1) is 26.9. The van der Waals surface area contributed by atoms with E-state index in [1.807, 2.05) is 0 Å². The number of methoxy groups -OCH3 is 1. The Morgan fingerprint density at radius 2 is 1.88 bits per heavy atom. The van der Waals surface area contributed by atoms with Crippen LogP contribution in [-0.4, -0.2) is 86.0 Å². The van der Waals surface area contributed by atoms with Crippen LogP contribution in [0.1, 0.15) is 12.0 Å². The number of carbonyl (C=O) groups is 4. The van der Waals surface area contributed by atoms with Crippen molar-refractivity contribution in [1.82, 2.24) is 5.32 Å². The van der Waals surface area contributed by atoms with Crippen molar-refractivity contribution < 1.29 is 53.1 Å². The number of phenolic OH excluding ortho intramolecular Hbond substituents is 1. The van der Waals surface area contributed by atoms with Crippen LogP contribution < -0.4 is 21.5 Å². The van der Waals surface area contributed by atoms with E-state index < -0.39 is 61.3 Å². The first-order valence-corrected chi connectivity index (χ1v) is 10.1. The Balaban J connectivity index is 1.91. The highest BCUT2D eigenvalue weighted by Gasteiger charge is 2.41. The van der Waals surface area contributed by atoms with E-state index in [1.165, 1.54) is 25.3 Å². The smallest absolute Gasteiger partial charge is 0.377 e. The molecule has 1 aliphatic rings. The Hall–Kier alpha value is -3.30. The topological polar surface area (TPSA) is 219 Å². The van der Waals surface area contributed by atoms with Gasteiger partial charge in [-0.3, -0.25) is 14.4 Å². The standard InChI is InChI=1S/C20H27N3O11/c1-30-15-8-11(2-3-14(15)25)20(33-6-7-34-20)32-5-4-31-19(29)17(27)13(10-24)23-18(28)12(21)9-16(22)26/h2-3,8,12-13,24-25H,4-7,9-10,21H2,1H3,(H2,22,26)(H,23,28)/t12-,13-/m0/s1. The summed E-state index contributed by atoms with van der Waals surface area (Å²) in [5.41, 5.74) is 10.8. The number of aliphatic hydroxyl groups is 1. The van der Waals surface area contributed by atoms with E-state index in [-0.39, 0.29) is 31.3 Å². The van der Waals surface area contributed by atoms with Crippen molar-refractivity contribution in [2.45, 2.75) is 24.5 Å². The molecule has 0 saturated carbocycles. The van der Waals surface area contributed by atoms with Gasteiger partial charge in [0.15, 0.2) is 11.5 Å². The summed E-state index contributed by atoms with van der Waals surface area (Å²) in [6, 6.07) is 1.33. The van der Waals surface area contributed by atoms with Crippen LogP contribution in [0.5, 0.6) is 11.5 Å². The summed E-state index contributed by atoms with van der Waals surface area (Å²) in [7, 11) is 1.37. The molecule has 1 heterocycles. The molecule has 1 fully saturated rings. The maximum absolute atomic E-state index is 12.2. The third kappa shape index (κ3) is 6.85. The molecule has 14 heteroatoms. The molecule has 1 aliphatic heterocycles. The molecule has 0 unspecified atom stereocenters. The Morgan fingerprint density at radius 1 is 1.21 bits per heavy atom. The van der Waals surface area contributed by atoms with Crippen molar-refractivity contribution in [2.24, 2.45) is 11.5 Å². The number of phenols is 1. The number of carbonyl (C=O) groups excluding carboxylic acids is 4. The van der Waals surface area contributed by atoms with E-state index in [0.29, 0.717) is 5.56 Å². The lowest BCUT2D eigenvalue weighted by Crippen LogP contribution is -2.52. The van der Waals surface area contributed by atoms with Crippen molar-refractivity contribution in [3.8, 4) is 11.5 Å². The monoisotopic (exact) mass is 485 g/mol. The van der Waals surface area contributed by atoms with Gasteiger partial charge in [0.1, 0.15) is 12.6 Å². The number of amides is 2. The number of Topliss-reactive ketones (excluding diaryl/α,β-unsaturated/α-hetero) is 1. The minimum absolute atomic E-state index is 0.104. The molecule has 7 N–H and O–H groups in total. The molecule has 1 aromatic rings. The summed E-state index contributed by atoms with van der Waals surface area (Å²) in [5.74, 6) is -5.97. The molecule has 2 rings (SSSR count). The minimum atomic E-state index is -1.64. The predicted octanol–water partition coefficient (Wildman–Crippen LogP) is -2.63. The van der Waals surface area contributed by atoms with Gasteiger partial charge in [-0.05, 0) is 18.2 Å². The van der Waals surface area contributed by atoms with Crippen LogP contribution in [-0.2, 0) is 44.1 Å². The fourth-order valence-electron chi connectivity index (χ4n) is 2.90. The van der Waals surface area contributed by atoms with Crippen LogP contribution in [0, 0.1) is 0 Å². The Labute approximate surface area is 194 Å². The summed E-state index contributed by atoms with van der Waals surface area (Å²) in [5, 5.41) is 21.2. The summed E-state index contributed by atoms with van der Waals surface area (Å²) in [6.07, 6.45) is -0.487. The van der Waals surface area contributed by atoms with Crippen LogP contribution in [0.4, 0.5) is 0 Å². The second-order valence-electron chi connectivity index (χ2n) is 7.01. The molecule has 188 valence electrons. The molecule has 0 bridgehead atoms. The zero-order valence-corrected chi connectivity index (χ0v) is 18.4. The van der Waals surface area contributed by atoms with Gasteiger partial charge in [-0.1, -0.05) is 0 Å². The highest BCUT2D eigenvalue weighted by Crippen LogP contribution is 2.37. The van der Waals surface area contributed by atoms with Crippen LogP contribution >= 0.6 is 0 Å². The average molecular weight is 485 g/mol. The summed E-state index contributed by atoms with van der Waals surface area (Å²) in [6.45, 7) is -1.16. The number of aromatic hydroxyl groups is 1. The fourth-order valence-corrected chi connectivity index (χ4v) is 2.90. The lowest BCUT2D eigenvalue weighted by Gasteiger charge is -2.27. The highest BCUT2D eigenvalue weighted by molar-refractivity contribution is 6.36. The number of nitrogens with one attached hydrogen (secondary N) is 1. The van der Waals surface area contributed by atoms with Crippen LogP contribution in [0.3, 0.4) is 0 Å². The number of rotatable bonds is 13. The Bertz CT molecular complexity index is 902. The SMILES string of the molecule is COc1cc(C2(OCCOC(=O)C(=O)[C@H](CO)NC(=O)[C@@H](N)CC(N)=O)OCCO2)ccc1O. The van der Waals surface area contributed by atoms with E-state index >= 15 is 0 Å². The third-order valence-corrected chi connectivity index (χ3v) is 4.58. The van der Waals surface area contributed by atoms with Crippen molar-refractivity contribution in [3.63, 3.8) is 0 Å². The van der Waals surface area contributed by atoms with Gasteiger partial charge in [0.05, 0.1) is 46.0 Å². The maximum atomic E-state index is 12.2. The molecular weight excluding hydrogens is 458 g/mol. The zero-order valence-electron chi connectivity index (χ0n) is 18.4. The van der Waals surface area contributed by atoms with Crippen LogP contribution in [0.25, 0.3) is 0 Å². The minimum Gasteiger partial charge on any atom is -0.504 e. The quantitative estimate of drug-likeness (QED) is 0.110. The number of aliphatic hydroxyl groups excluding tert-OH is 1. The molecule has 14 nitrogen and oxygen atoms in total. The lowest BCUT2D eigenvalue weighted by molar-refractivity contribution is -0.345. The molecule has 0 aliphatic carbocycles. The summed E-state index contributed by atoms with van der Waals surface area (Å²) in [4.78, 5) is 46.9. The van der Waals surface area contributed by atoms with Gasteiger partial charge in [0.2, 0.25) is 11.8 Å². The molecule has 34 heavy (non-hydrogen) atoms. The van der Waals surface area contributed by atoms with Gasteiger partial charge in [-0.15, -0.1) is 0 Å². The number of ketones is 1. The van der Waals surface area contributed by atoms with E-state index in [2.05, 4.69) is 5.32 Å². The molecular formula is C20H27N3O11. The van der Waals surface area contributed by atoms with Crippen molar-refractivity contribution in [3.05, 3.63) is 23.8 Å². The molecule has 2 amide bonds. The summed E-state index contributed by atoms with van der Waals surface area (Å²) >= 11 is 0. The average Bonchev–Trinajstić information content (AvgIpc) is 3.29. The van der Waals surface area contributed by atoms with Gasteiger partial charge < -0.3 is 50.7 Å². The number of hydrogen-bond acceptors (Lipinski definition) is 12. The first-order chi connectivity index (χ1) is 16.1. The summed E-state index contributed by atoms with van der Waals surface area (Å²) < 4.78 is 26.6. The van der Waals surface area contributed by atoms with Gasteiger partial charge in [0.25, 0.3) is 5.78 Å². The van der Waals surface area contributed by atoms with E-state index in [4.69, 9.17) is 35.2 Å². The lowest BCUT2D eigenvalue weighted by atomic mass is 10.1. The van der Waals surface area contributed by atoms with Gasteiger partial charge >= 0.3 is 11.9 Å². The fraction of sp³-hybridized carbons (Fsp3) is 0.500. The third-order valence-electron chi connectivity index (χ3n) is 4.58. The van der Waals surface area contributed by atoms with Crippen molar-refractivity contribution in [2.75, 3.05) is 40.1 Å². The molecule has 1 aromatic carbocycles. The Morgan fingerprint density at radius 3 is 2.47 bits per heavy atom. The Kier molecular flexibility index (Phi) is 9.70. The molecule has 0 spiro atoms. The maximum Gasteiger partial charge on any atom is 0.377 e. The molecule has 1 saturated heterocycles. The number of primary amides is 1. The number of esters is 1. The molecule has 0 aromatic heterocycles. The highest BCUT2D eigenvalue weighted by atomic mass is 16.9. The van der Waals surface area contributed by atoms with E-state index in [0.717, 1.165) is 0 Å².